The van der Waals surface area contributed by atoms with E-state index in [9.17, 15) is 33.4 Å². The highest BCUT2D eigenvalue weighted by Gasteiger charge is 2.51. The zero-order chi connectivity index (χ0) is 27.3. The molecule has 8 nitrogen and oxygen atoms in total. The fourth-order valence-electron chi connectivity index (χ4n) is 4.27. The summed E-state index contributed by atoms with van der Waals surface area (Å²) in [6.45, 7) is 4.48. The van der Waals surface area contributed by atoms with Gasteiger partial charge in [0.25, 0.3) is 17.7 Å². The molecule has 3 atom stereocenters. The standard InChI is InChI=1S/C27H33F2N3O5/c1-16(2)14-30-25(36)21-13-27(28,29)15-32(21)26(37)23(34)20(12-18-8-5-4-6-9-18)31-24(35)19-10-7-11-22(33)17(19)3/h4-11,16,20-21,23,33-34H,12-15H2,1-3H3,(H,30,36)(H,31,35). The van der Waals surface area contributed by atoms with E-state index in [4.69, 9.17) is 0 Å². The van der Waals surface area contributed by atoms with E-state index in [1.807, 2.05) is 13.8 Å². The first-order chi connectivity index (χ1) is 17.4. The Morgan fingerprint density at radius 3 is 2.43 bits per heavy atom. The number of alkyl halides is 2. The van der Waals surface area contributed by atoms with Crippen molar-refractivity contribution in [3.05, 3.63) is 65.2 Å². The molecule has 4 N–H and O–H groups in total. The molecule has 200 valence electrons. The molecule has 37 heavy (non-hydrogen) atoms. The second-order valence-corrected chi connectivity index (χ2v) is 9.85. The number of aliphatic hydroxyl groups excluding tert-OH is 1. The molecule has 3 amide bonds. The van der Waals surface area contributed by atoms with Gasteiger partial charge in [0.15, 0.2) is 6.10 Å². The normalized spacial score (nSPS) is 18.4. The van der Waals surface area contributed by atoms with Crippen LogP contribution >= 0.6 is 0 Å². The molecule has 2 aromatic carbocycles. The van der Waals surface area contributed by atoms with E-state index in [-0.39, 0.29) is 30.2 Å². The minimum atomic E-state index is -3.30. The van der Waals surface area contributed by atoms with Crippen molar-refractivity contribution in [2.45, 2.75) is 57.7 Å². The number of amides is 3. The number of nitrogens with one attached hydrogen (secondary N) is 2. The monoisotopic (exact) mass is 517 g/mol. The van der Waals surface area contributed by atoms with Gasteiger partial charge in [-0.25, -0.2) is 8.78 Å². The molecule has 3 unspecified atom stereocenters. The van der Waals surface area contributed by atoms with Gasteiger partial charge in [-0.2, -0.15) is 0 Å². The summed E-state index contributed by atoms with van der Waals surface area (Å²) in [5.41, 5.74) is 1.13. The number of benzene rings is 2. The predicted molar refractivity (Wildman–Crippen MR) is 133 cm³/mol. The van der Waals surface area contributed by atoms with Gasteiger partial charge in [-0.3, -0.25) is 14.4 Å². The van der Waals surface area contributed by atoms with Gasteiger partial charge >= 0.3 is 0 Å². The summed E-state index contributed by atoms with van der Waals surface area (Å²) in [5.74, 6) is -5.77. The molecule has 0 radical (unpaired) electrons. The smallest absolute Gasteiger partial charge is 0.267 e. The number of phenols is 1. The van der Waals surface area contributed by atoms with E-state index < -0.39 is 54.8 Å². The molecule has 1 saturated heterocycles. The third-order valence-electron chi connectivity index (χ3n) is 6.34. The van der Waals surface area contributed by atoms with Gasteiger partial charge < -0.3 is 25.7 Å². The minimum absolute atomic E-state index is 0.0196. The van der Waals surface area contributed by atoms with Crippen LogP contribution in [0.5, 0.6) is 5.75 Å². The fraction of sp³-hybridized carbons (Fsp3) is 0.444. The first kappa shape index (κ1) is 28.0. The van der Waals surface area contributed by atoms with Crippen LogP contribution in [0.2, 0.25) is 0 Å². The molecule has 0 aromatic heterocycles. The molecule has 0 bridgehead atoms. The van der Waals surface area contributed by atoms with Crippen LogP contribution in [0.3, 0.4) is 0 Å². The molecule has 1 heterocycles. The quantitative estimate of drug-likeness (QED) is 0.407. The van der Waals surface area contributed by atoms with Gasteiger partial charge in [0, 0.05) is 24.1 Å². The third kappa shape index (κ3) is 7.03. The highest BCUT2D eigenvalue weighted by Crippen LogP contribution is 2.33. The Kier molecular flexibility index (Phi) is 8.85. The largest absolute Gasteiger partial charge is 0.508 e. The number of phenolic OH excluding ortho intramolecular Hbond substituents is 1. The molecular formula is C27H33F2N3O5. The topological polar surface area (TPSA) is 119 Å². The van der Waals surface area contributed by atoms with Crippen LogP contribution in [0.15, 0.2) is 48.5 Å². The maximum atomic E-state index is 14.3. The van der Waals surface area contributed by atoms with Crippen LogP contribution in [0.1, 0.15) is 41.8 Å². The lowest BCUT2D eigenvalue weighted by molar-refractivity contribution is -0.147. The fourth-order valence-corrected chi connectivity index (χ4v) is 4.27. The molecule has 0 spiro atoms. The summed E-state index contributed by atoms with van der Waals surface area (Å²) in [6, 6.07) is 10.5. The molecular weight excluding hydrogens is 484 g/mol. The number of hydrogen-bond donors (Lipinski definition) is 4. The molecule has 1 aliphatic heterocycles. The van der Waals surface area contributed by atoms with Crippen LogP contribution in [0, 0.1) is 12.8 Å². The van der Waals surface area contributed by atoms with E-state index in [1.165, 1.54) is 18.2 Å². The van der Waals surface area contributed by atoms with E-state index in [0.29, 0.717) is 16.0 Å². The van der Waals surface area contributed by atoms with Crippen molar-refractivity contribution in [2.75, 3.05) is 13.1 Å². The van der Waals surface area contributed by atoms with E-state index in [1.54, 1.807) is 37.3 Å². The number of carbonyl (C=O) groups is 3. The van der Waals surface area contributed by atoms with E-state index in [0.717, 1.165) is 0 Å². The second-order valence-electron chi connectivity index (χ2n) is 9.85. The zero-order valence-corrected chi connectivity index (χ0v) is 21.1. The van der Waals surface area contributed by atoms with Gasteiger partial charge in [-0.1, -0.05) is 50.2 Å². The van der Waals surface area contributed by atoms with E-state index in [2.05, 4.69) is 10.6 Å². The molecule has 2 aromatic rings. The van der Waals surface area contributed by atoms with Gasteiger partial charge in [0.1, 0.15) is 11.8 Å². The maximum Gasteiger partial charge on any atom is 0.267 e. The molecule has 0 saturated carbocycles. The number of aromatic hydroxyl groups is 1. The van der Waals surface area contributed by atoms with Crippen LogP contribution in [-0.2, 0) is 16.0 Å². The van der Waals surface area contributed by atoms with Gasteiger partial charge in [0.05, 0.1) is 12.6 Å². The van der Waals surface area contributed by atoms with Crippen LogP contribution < -0.4 is 10.6 Å². The number of hydrogen-bond acceptors (Lipinski definition) is 5. The van der Waals surface area contributed by atoms with Crippen molar-refractivity contribution in [3.8, 4) is 5.75 Å². The summed E-state index contributed by atoms with van der Waals surface area (Å²) in [7, 11) is 0. The van der Waals surface area contributed by atoms with Crippen LogP contribution in [0.25, 0.3) is 0 Å². The predicted octanol–water partition coefficient (Wildman–Crippen LogP) is 2.41. The Hall–Kier alpha value is -3.53. The van der Waals surface area contributed by atoms with Gasteiger partial charge in [-0.05, 0) is 37.0 Å². The number of likely N-dealkylation sites (tertiary alicyclic amines) is 1. The van der Waals surface area contributed by atoms with Crippen LogP contribution in [-0.4, -0.2) is 70.0 Å². The Morgan fingerprint density at radius 2 is 1.78 bits per heavy atom. The van der Waals surface area contributed by atoms with Gasteiger partial charge in [-0.15, -0.1) is 0 Å². The molecule has 10 heteroatoms. The Bertz CT molecular complexity index is 1130. The number of nitrogens with zero attached hydrogens (tertiary/aromatic N) is 1. The SMILES string of the molecule is Cc1c(O)cccc1C(=O)NC(Cc1ccccc1)C(O)C(=O)N1CC(F)(F)CC1C(=O)NCC(C)C. The zero-order valence-electron chi connectivity index (χ0n) is 21.1. The lowest BCUT2D eigenvalue weighted by Crippen LogP contribution is -2.56. The summed E-state index contributed by atoms with van der Waals surface area (Å²) in [4.78, 5) is 39.7. The maximum absolute atomic E-state index is 14.3. The van der Waals surface area contributed by atoms with Gasteiger partial charge in [0.2, 0.25) is 5.91 Å². The molecule has 3 rings (SSSR count). The Morgan fingerprint density at radius 1 is 1.11 bits per heavy atom. The summed E-state index contributed by atoms with van der Waals surface area (Å²) < 4.78 is 28.7. The first-order valence-electron chi connectivity index (χ1n) is 12.2. The van der Waals surface area contributed by atoms with E-state index >= 15 is 0 Å². The number of carbonyl (C=O) groups excluding carboxylic acids is 3. The number of aliphatic hydroxyl groups is 1. The number of halogens is 2. The van der Waals surface area contributed by atoms with Crippen molar-refractivity contribution >= 4 is 17.7 Å². The molecule has 1 aliphatic rings. The van der Waals surface area contributed by atoms with Crippen molar-refractivity contribution in [3.63, 3.8) is 0 Å². The minimum Gasteiger partial charge on any atom is -0.508 e. The second kappa shape index (κ2) is 11.7. The highest BCUT2D eigenvalue weighted by molar-refractivity contribution is 5.97. The van der Waals surface area contributed by atoms with Crippen molar-refractivity contribution < 1.29 is 33.4 Å². The summed E-state index contributed by atoms with van der Waals surface area (Å²) >= 11 is 0. The average molecular weight is 518 g/mol. The Labute approximate surface area is 214 Å². The third-order valence-corrected chi connectivity index (χ3v) is 6.34. The lowest BCUT2D eigenvalue weighted by atomic mass is 9.98. The summed E-state index contributed by atoms with van der Waals surface area (Å²) in [5, 5.41) is 26.2. The summed E-state index contributed by atoms with van der Waals surface area (Å²) in [6.07, 6.45) is -2.74. The lowest BCUT2D eigenvalue weighted by Gasteiger charge is -2.30. The van der Waals surface area contributed by atoms with Crippen molar-refractivity contribution in [1.29, 1.82) is 0 Å². The molecule has 0 aliphatic carbocycles. The first-order valence-corrected chi connectivity index (χ1v) is 12.2. The van der Waals surface area contributed by atoms with Crippen molar-refractivity contribution in [2.24, 2.45) is 5.92 Å². The highest BCUT2D eigenvalue weighted by atomic mass is 19.3. The Balaban J connectivity index is 1.86. The molecule has 1 fully saturated rings. The van der Waals surface area contributed by atoms with Crippen molar-refractivity contribution in [1.82, 2.24) is 15.5 Å². The number of rotatable bonds is 9. The van der Waals surface area contributed by atoms with Crippen LogP contribution in [0.4, 0.5) is 8.78 Å². The average Bonchev–Trinajstić information content (AvgIpc) is 3.18.